The molecule has 0 fully saturated rings. The van der Waals surface area contributed by atoms with Crippen LogP contribution >= 0.6 is 0 Å². The summed E-state index contributed by atoms with van der Waals surface area (Å²) < 4.78 is 0. The van der Waals surface area contributed by atoms with Crippen molar-refractivity contribution in [3.8, 4) is 0 Å². The largest absolute Gasteiger partial charge is 0.409 e. The van der Waals surface area contributed by atoms with Crippen LogP contribution in [0.5, 0.6) is 0 Å². The zero-order valence-electron chi connectivity index (χ0n) is 11.4. The van der Waals surface area contributed by atoms with E-state index in [1.165, 1.54) is 12.4 Å². The van der Waals surface area contributed by atoms with E-state index in [0.29, 0.717) is 12.1 Å². The number of amidine groups is 1. The number of nitrogens with two attached hydrogens (primary N) is 1. The lowest BCUT2D eigenvalue weighted by molar-refractivity contribution is 0.102. The Balaban J connectivity index is 2.03. The molecule has 1 amide bonds. The molecule has 1 heterocycles. The molecule has 4 N–H and O–H groups in total. The maximum Gasteiger partial charge on any atom is 0.275 e. The second-order valence-corrected chi connectivity index (χ2v) is 4.46. The van der Waals surface area contributed by atoms with E-state index in [0.717, 1.165) is 11.3 Å². The summed E-state index contributed by atoms with van der Waals surface area (Å²) in [6.07, 6.45) is 3.31. The Hall–Kier alpha value is -2.96. The third-order valence-electron chi connectivity index (χ3n) is 2.74. The Labute approximate surface area is 121 Å². The fourth-order valence-electron chi connectivity index (χ4n) is 1.66. The van der Waals surface area contributed by atoms with Gasteiger partial charge in [0.05, 0.1) is 11.9 Å². The standard InChI is InChI=1S/C14H15N5O2/c1-9-7-17-12(8-16-9)14(20)18-11-4-2-10(3-5-11)6-13(15)19-21/h2-5,7-8,21H,6H2,1H3,(H2,15,19)(H,18,20). The summed E-state index contributed by atoms with van der Waals surface area (Å²) in [4.78, 5) is 20.0. The molecule has 1 aromatic carbocycles. The van der Waals surface area contributed by atoms with Crippen molar-refractivity contribution in [2.75, 3.05) is 5.32 Å². The molecule has 0 unspecified atom stereocenters. The highest BCUT2D eigenvalue weighted by Crippen LogP contribution is 2.11. The lowest BCUT2D eigenvalue weighted by atomic mass is 10.1. The van der Waals surface area contributed by atoms with Gasteiger partial charge >= 0.3 is 0 Å². The lowest BCUT2D eigenvalue weighted by Gasteiger charge is -2.06. The van der Waals surface area contributed by atoms with Crippen LogP contribution in [-0.4, -0.2) is 26.9 Å². The molecule has 108 valence electrons. The zero-order valence-corrected chi connectivity index (χ0v) is 11.4. The quantitative estimate of drug-likeness (QED) is 0.339. The minimum absolute atomic E-state index is 0.127. The molecule has 2 rings (SSSR count). The van der Waals surface area contributed by atoms with Crippen LogP contribution in [0.2, 0.25) is 0 Å². The normalized spacial score (nSPS) is 11.2. The number of nitrogens with zero attached hydrogens (tertiary/aromatic N) is 3. The third-order valence-corrected chi connectivity index (χ3v) is 2.74. The molecule has 0 spiro atoms. The Morgan fingerprint density at radius 3 is 2.57 bits per heavy atom. The average molecular weight is 285 g/mol. The minimum atomic E-state index is -0.327. The molecule has 21 heavy (non-hydrogen) atoms. The molecular weight excluding hydrogens is 270 g/mol. The fraction of sp³-hybridized carbons (Fsp3) is 0.143. The van der Waals surface area contributed by atoms with Crippen molar-refractivity contribution in [3.63, 3.8) is 0 Å². The van der Waals surface area contributed by atoms with E-state index >= 15 is 0 Å². The van der Waals surface area contributed by atoms with Crippen molar-refractivity contribution in [1.29, 1.82) is 0 Å². The van der Waals surface area contributed by atoms with E-state index < -0.39 is 0 Å². The number of rotatable bonds is 4. The van der Waals surface area contributed by atoms with Gasteiger partial charge in [-0.2, -0.15) is 0 Å². The van der Waals surface area contributed by atoms with E-state index in [4.69, 9.17) is 10.9 Å². The number of hydrogen-bond donors (Lipinski definition) is 3. The van der Waals surface area contributed by atoms with Gasteiger partial charge < -0.3 is 16.3 Å². The summed E-state index contributed by atoms with van der Waals surface area (Å²) in [5.74, 6) is -0.201. The molecule has 0 aliphatic rings. The maximum absolute atomic E-state index is 11.9. The Morgan fingerprint density at radius 1 is 1.29 bits per heavy atom. The van der Waals surface area contributed by atoms with E-state index in [1.54, 1.807) is 31.2 Å². The Kier molecular flexibility index (Phi) is 4.45. The molecule has 0 aliphatic heterocycles. The molecule has 2 aromatic rings. The summed E-state index contributed by atoms with van der Waals surface area (Å²) in [6, 6.07) is 7.04. The average Bonchev–Trinajstić information content (AvgIpc) is 2.49. The van der Waals surface area contributed by atoms with Gasteiger partial charge in [0.2, 0.25) is 0 Å². The summed E-state index contributed by atoms with van der Waals surface area (Å²) in [5.41, 5.74) is 7.93. The number of carbonyl (C=O) groups is 1. The minimum Gasteiger partial charge on any atom is -0.409 e. The molecule has 7 nitrogen and oxygen atoms in total. The maximum atomic E-state index is 11.9. The molecule has 7 heteroatoms. The SMILES string of the molecule is Cc1cnc(C(=O)Nc2ccc(CC(N)=NO)cc2)cn1. The molecule has 0 saturated carbocycles. The highest BCUT2D eigenvalue weighted by atomic mass is 16.4. The first-order valence-corrected chi connectivity index (χ1v) is 6.24. The number of amides is 1. The highest BCUT2D eigenvalue weighted by Gasteiger charge is 2.08. The first kappa shape index (κ1) is 14.4. The van der Waals surface area contributed by atoms with Crippen LogP contribution in [0, 0.1) is 6.92 Å². The van der Waals surface area contributed by atoms with Crippen molar-refractivity contribution >= 4 is 17.4 Å². The van der Waals surface area contributed by atoms with E-state index in [2.05, 4.69) is 20.4 Å². The van der Waals surface area contributed by atoms with Crippen molar-refractivity contribution in [2.24, 2.45) is 10.9 Å². The van der Waals surface area contributed by atoms with Crippen LogP contribution < -0.4 is 11.1 Å². The topological polar surface area (TPSA) is 113 Å². The third kappa shape index (κ3) is 4.00. The highest BCUT2D eigenvalue weighted by molar-refractivity contribution is 6.02. The molecule has 0 atom stereocenters. The molecule has 0 bridgehead atoms. The van der Waals surface area contributed by atoms with E-state index in [1.807, 2.05) is 0 Å². The van der Waals surface area contributed by atoms with Gasteiger partial charge in [-0.25, -0.2) is 4.98 Å². The second-order valence-electron chi connectivity index (χ2n) is 4.46. The summed E-state index contributed by atoms with van der Waals surface area (Å²) in [5, 5.41) is 14.1. The van der Waals surface area contributed by atoms with Crippen LogP contribution in [0.15, 0.2) is 41.8 Å². The predicted octanol–water partition coefficient (Wildman–Crippen LogP) is 1.33. The number of carbonyl (C=O) groups excluding carboxylic acids is 1. The fourth-order valence-corrected chi connectivity index (χ4v) is 1.66. The Bertz CT molecular complexity index is 650. The van der Waals surface area contributed by atoms with Crippen molar-refractivity contribution < 1.29 is 10.0 Å². The number of oxime groups is 1. The van der Waals surface area contributed by atoms with Gasteiger partial charge in [0.1, 0.15) is 11.5 Å². The van der Waals surface area contributed by atoms with Gasteiger partial charge in [-0.05, 0) is 24.6 Å². The number of aryl methyl sites for hydroxylation is 1. The number of nitrogens with one attached hydrogen (secondary N) is 1. The van der Waals surface area contributed by atoms with Crippen molar-refractivity contribution in [1.82, 2.24) is 9.97 Å². The summed E-state index contributed by atoms with van der Waals surface area (Å²) in [7, 11) is 0. The molecule has 1 aromatic heterocycles. The molecule has 0 aliphatic carbocycles. The van der Waals surface area contributed by atoms with Gasteiger partial charge in [0.25, 0.3) is 5.91 Å². The number of anilines is 1. The van der Waals surface area contributed by atoms with Gasteiger partial charge in [-0.15, -0.1) is 0 Å². The van der Waals surface area contributed by atoms with Crippen LogP contribution in [-0.2, 0) is 6.42 Å². The predicted molar refractivity (Wildman–Crippen MR) is 78.3 cm³/mol. The first-order chi connectivity index (χ1) is 10.1. The monoisotopic (exact) mass is 285 g/mol. The second kappa shape index (κ2) is 6.47. The van der Waals surface area contributed by atoms with Gasteiger partial charge in [-0.3, -0.25) is 9.78 Å². The molecule has 0 radical (unpaired) electrons. The van der Waals surface area contributed by atoms with Crippen molar-refractivity contribution in [2.45, 2.75) is 13.3 Å². The van der Waals surface area contributed by atoms with Crippen molar-refractivity contribution in [3.05, 3.63) is 53.6 Å². The van der Waals surface area contributed by atoms with Crippen LogP contribution in [0.25, 0.3) is 0 Å². The molecular formula is C14H15N5O2. The van der Waals surface area contributed by atoms with Gasteiger partial charge in [0.15, 0.2) is 0 Å². The van der Waals surface area contributed by atoms with Crippen LogP contribution in [0.3, 0.4) is 0 Å². The lowest BCUT2D eigenvalue weighted by Crippen LogP contribution is -2.15. The smallest absolute Gasteiger partial charge is 0.275 e. The first-order valence-electron chi connectivity index (χ1n) is 6.24. The van der Waals surface area contributed by atoms with E-state index in [-0.39, 0.29) is 17.4 Å². The number of aromatic nitrogens is 2. The number of hydrogen-bond acceptors (Lipinski definition) is 5. The summed E-state index contributed by atoms with van der Waals surface area (Å²) in [6.45, 7) is 1.80. The zero-order chi connectivity index (χ0) is 15.2. The van der Waals surface area contributed by atoms with Gasteiger partial charge in [0, 0.05) is 18.3 Å². The van der Waals surface area contributed by atoms with Crippen LogP contribution in [0.4, 0.5) is 5.69 Å². The number of benzene rings is 1. The summed E-state index contributed by atoms with van der Waals surface area (Å²) >= 11 is 0. The Morgan fingerprint density at radius 2 is 2.00 bits per heavy atom. The molecule has 0 saturated heterocycles. The van der Waals surface area contributed by atoms with E-state index in [9.17, 15) is 4.79 Å². The van der Waals surface area contributed by atoms with Crippen LogP contribution in [0.1, 0.15) is 21.7 Å². The van der Waals surface area contributed by atoms with Gasteiger partial charge in [-0.1, -0.05) is 17.3 Å².